The van der Waals surface area contributed by atoms with Crippen LogP contribution in [0, 0.1) is 10.1 Å². The maximum atomic E-state index is 10.8. The number of nitrogens with two attached hydrogens (primary N) is 1. The maximum absolute atomic E-state index is 10.8. The van der Waals surface area contributed by atoms with Gasteiger partial charge in [0.05, 0.1) is 11.1 Å². The quantitative estimate of drug-likeness (QED) is 0.480. The van der Waals surface area contributed by atoms with Crippen LogP contribution in [0.4, 0.5) is 11.5 Å². The zero-order valence-electron chi connectivity index (χ0n) is 7.73. The third kappa shape index (κ3) is 1.93. The average molecular weight is 239 g/mol. The highest BCUT2D eigenvalue weighted by Gasteiger charge is 2.22. The Morgan fingerprint density at radius 3 is 2.88 bits per heavy atom. The molecule has 0 aliphatic carbocycles. The van der Waals surface area contributed by atoms with Crippen LogP contribution in [0.15, 0.2) is 33.5 Å². The summed E-state index contributed by atoms with van der Waals surface area (Å²) in [5.41, 5.74) is 5.05. The van der Waals surface area contributed by atoms with Crippen molar-refractivity contribution in [3.63, 3.8) is 0 Å². The second-order valence-electron chi connectivity index (χ2n) is 2.57. The summed E-state index contributed by atoms with van der Waals surface area (Å²) in [7, 11) is 0. The first-order valence-electron chi connectivity index (χ1n) is 4.00. The molecule has 82 valence electrons. The molecule has 0 atom stereocenters. The van der Waals surface area contributed by atoms with Crippen molar-refractivity contribution in [2.45, 2.75) is 10.2 Å². The Morgan fingerprint density at radius 2 is 2.25 bits per heavy atom. The van der Waals surface area contributed by atoms with Crippen molar-refractivity contribution in [1.29, 1.82) is 0 Å². The van der Waals surface area contributed by atoms with Gasteiger partial charge in [-0.05, 0) is 11.8 Å². The van der Waals surface area contributed by atoms with Crippen molar-refractivity contribution in [2.24, 2.45) is 0 Å². The average Bonchev–Trinajstić information content (AvgIpc) is 2.70. The molecule has 0 aliphatic heterocycles. The van der Waals surface area contributed by atoms with Gasteiger partial charge in [0.25, 0.3) is 5.22 Å². The number of hydrogen-bond donors (Lipinski definition) is 1. The Kier molecular flexibility index (Phi) is 2.68. The molecule has 2 rings (SSSR count). The highest BCUT2D eigenvalue weighted by Crippen LogP contribution is 2.34. The van der Waals surface area contributed by atoms with Gasteiger partial charge < -0.3 is 10.2 Å². The maximum Gasteiger partial charge on any atom is 0.343 e. The molecule has 2 aromatic heterocycles. The first-order chi connectivity index (χ1) is 7.68. The van der Waals surface area contributed by atoms with E-state index < -0.39 is 4.92 Å². The van der Waals surface area contributed by atoms with Gasteiger partial charge >= 0.3 is 5.69 Å². The standard InChI is InChI=1S/C7H5N5O3S/c8-5-4(12(13)14)6(11-3-10-5)16-7-9-1-2-15-7/h1-3H,(H2,8,10,11). The topological polar surface area (TPSA) is 121 Å². The van der Waals surface area contributed by atoms with Crippen LogP contribution in [0.2, 0.25) is 0 Å². The van der Waals surface area contributed by atoms with Gasteiger partial charge in [-0.3, -0.25) is 10.1 Å². The van der Waals surface area contributed by atoms with E-state index in [2.05, 4.69) is 15.0 Å². The monoisotopic (exact) mass is 239 g/mol. The first kappa shape index (κ1) is 10.4. The molecule has 0 amide bonds. The van der Waals surface area contributed by atoms with Crippen LogP contribution in [0.3, 0.4) is 0 Å². The summed E-state index contributed by atoms with van der Waals surface area (Å²) in [4.78, 5) is 21.2. The zero-order chi connectivity index (χ0) is 11.5. The lowest BCUT2D eigenvalue weighted by molar-refractivity contribution is -0.387. The van der Waals surface area contributed by atoms with E-state index in [0.717, 1.165) is 18.1 Å². The number of oxazole rings is 1. The Balaban J connectivity index is 2.40. The summed E-state index contributed by atoms with van der Waals surface area (Å²) in [6, 6.07) is 0. The summed E-state index contributed by atoms with van der Waals surface area (Å²) in [6.45, 7) is 0. The van der Waals surface area contributed by atoms with Crippen LogP contribution < -0.4 is 5.73 Å². The fourth-order valence-corrected chi connectivity index (χ4v) is 1.72. The molecule has 0 radical (unpaired) electrons. The van der Waals surface area contributed by atoms with Crippen LogP contribution in [-0.2, 0) is 0 Å². The fourth-order valence-electron chi connectivity index (χ4n) is 0.965. The minimum Gasteiger partial charge on any atom is -0.440 e. The first-order valence-corrected chi connectivity index (χ1v) is 4.82. The SMILES string of the molecule is Nc1ncnc(Sc2ncco2)c1[N+](=O)[O-]. The van der Waals surface area contributed by atoms with Gasteiger partial charge in [-0.25, -0.2) is 15.0 Å². The molecular formula is C7H5N5O3S. The molecule has 9 heteroatoms. The fraction of sp³-hybridized carbons (Fsp3) is 0. The molecule has 0 saturated heterocycles. The van der Waals surface area contributed by atoms with Crippen LogP contribution in [-0.4, -0.2) is 19.9 Å². The predicted molar refractivity (Wildman–Crippen MR) is 53.7 cm³/mol. The number of rotatable bonds is 3. The number of aromatic nitrogens is 3. The second kappa shape index (κ2) is 4.14. The highest BCUT2D eigenvalue weighted by molar-refractivity contribution is 7.99. The van der Waals surface area contributed by atoms with Crippen molar-refractivity contribution in [3.8, 4) is 0 Å². The second-order valence-corrected chi connectivity index (χ2v) is 3.51. The molecule has 0 spiro atoms. The molecule has 2 N–H and O–H groups in total. The van der Waals surface area contributed by atoms with Crippen molar-refractivity contribution in [2.75, 3.05) is 5.73 Å². The van der Waals surface area contributed by atoms with Gasteiger partial charge in [0, 0.05) is 0 Å². The molecule has 8 nitrogen and oxygen atoms in total. The summed E-state index contributed by atoms with van der Waals surface area (Å²) >= 11 is 0.913. The molecular weight excluding hydrogens is 234 g/mol. The van der Waals surface area contributed by atoms with Gasteiger partial charge in [-0.15, -0.1) is 0 Å². The van der Waals surface area contributed by atoms with Crippen molar-refractivity contribution < 1.29 is 9.34 Å². The van der Waals surface area contributed by atoms with E-state index in [1.165, 1.54) is 12.5 Å². The Hall–Kier alpha value is -2.16. The minimum atomic E-state index is -0.638. The Bertz CT molecular complexity index is 515. The Morgan fingerprint density at radius 1 is 1.44 bits per heavy atom. The van der Waals surface area contributed by atoms with Crippen molar-refractivity contribution in [3.05, 3.63) is 28.9 Å². The lowest BCUT2D eigenvalue weighted by Crippen LogP contribution is -2.01. The number of nitrogens with zero attached hydrogens (tertiary/aromatic N) is 4. The summed E-state index contributed by atoms with van der Waals surface area (Å²) in [5.74, 6) is -0.186. The largest absolute Gasteiger partial charge is 0.440 e. The van der Waals surface area contributed by atoms with Crippen LogP contribution in [0.25, 0.3) is 0 Å². The molecule has 16 heavy (non-hydrogen) atoms. The van der Waals surface area contributed by atoms with E-state index in [4.69, 9.17) is 10.2 Å². The predicted octanol–water partition coefficient (Wildman–Crippen LogP) is 1.11. The summed E-state index contributed by atoms with van der Waals surface area (Å²) in [5, 5.41) is 11.1. The molecule has 0 aromatic carbocycles. The minimum absolute atomic E-state index is 0.0972. The van der Waals surface area contributed by atoms with Crippen molar-refractivity contribution in [1.82, 2.24) is 15.0 Å². The molecule has 0 fully saturated rings. The number of nitrogen functional groups attached to an aromatic ring is 1. The Labute approximate surface area is 93.1 Å². The van der Waals surface area contributed by atoms with Crippen LogP contribution in [0.1, 0.15) is 0 Å². The molecule has 0 unspecified atom stereocenters. The van der Waals surface area contributed by atoms with E-state index in [-0.39, 0.29) is 21.8 Å². The van der Waals surface area contributed by atoms with Crippen LogP contribution in [0.5, 0.6) is 0 Å². The van der Waals surface area contributed by atoms with E-state index >= 15 is 0 Å². The van der Waals surface area contributed by atoms with Crippen LogP contribution >= 0.6 is 11.8 Å². The van der Waals surface area contributed by atoms with Gasteiger partial charge in [-0.1, -0.05) is 0 Å². The smallest absolute Gasteiger partial charge is 0.343 e. The number of nitro groups is 1. The van der Waals surface area contributed by atoms with E-state index in [0.29, 0.717) is 0 Å². The zero-order valence-corrected chi connectivity index (χ0v) is 8.55. The van der Waals surface area contributed by atoms with E-state index in [9.17, 15) is 10.1 Å². The lowest BCUT2D eigenvalue weighted by atomic mass is 10.5. The van der Waals surface area contributed by atoms with Crippen molar-refractivity contribution >= 4 is 23.3 Å². The van der Waals surface area contributed by atoms with Gasteiger partial charge in [0.15, 0.2) is 5.03 Å². The summed E-state index contributed by atoms with van der Waals surface area (Å²) in [6.07, 6.45) is 3.94. The van der Waals surface area contributed by atoms with Gasteiger partial charge in [0.2, 0.25) is 5.82 Å². The van der Waals surface area contributed by atoms with E-state index in [1.54, 1.807) is 0 Å². The molecule has 2 heterocycles. The number of anilines is 1. The van der Waals surface area contributed by atoms with Gasteiger partial charge in [0.1, 0.15) is 12.6 Å². The molecule has 0 aliphatic rings. The van der Waals surface area contributed by atoms with E-state index in [1.807, 2.05) is 0 Å². The van der Waals surface area contributed by atoms with Gasteiger partial charge in [-0.2, -0.15) is 0 Å². The third-order valence-corrected chi connectivity index (χ3v) is 2.46. The third-order valence-electron chi connectivity index (χ3n) is 1.59. The highest BCUT2D eigenvalue weighted by atomic mass is 32.2. The molecule has 0 saturated carbocycles. The summed E-state index contributed by atoms with van der Waals surface area (Å²) < 4.78 is 4.94. The molecule has 2 aromatic rings. The molecule has 0 bridgehead atoms. The normalized spacial score (nSPS) is 10.2. The lowest BCUT2D eigenvalue weighted by Gasteiger charge is -1.99. The number of hydrogen-bond acceptors (Lipinski definition) is 8.